The molecule has 84 valence electrons. The van der Waals surface area contributed by atoms with E-state index in [2.05, 4.69) is 10.8 Å². The maximum absolute atomic E-state index is 11.6. The van der Waals surface area contributed by atoms with Crippen molar-refractivity contribution in [2.24, 2.45) is 5.41 Å². The Kier molecular flexibility index (Phi) is 3.68. The summed E-state index contributed by atoms with van der Waals surface area (Å²) in [5, 5.41) is 9.17. The molecule has 0 aliphatic carbocycles. The van der Waals surface area contributed by atoms with E-state index in [0.717, 1.165) is 5.56 Å². The summed E-state index contributed by atoms with van der Waals surface area (Å²) < 4.78 is 4.69. The van der Waals surface area contributed by atoms with Crippen LogP contribution in [0.2, 0.25) is 0 Å². The molecule has 0 heterocycles. The van der Waals surface area contributed by atoms with Crippen LogP contribution in [0.5, 0.6) is 0 Å². The van der Waals surface area contributed by atoms with Crippen molar-refractivity contribution in [1.82, 2.24) is 0 Å². The molecule has 1 aromatic carbocycles. The first-order valence-electron chi connectivity index (χ1n) is 5.11. The summed E-state index contributed by atoms with van der Waals surface area (Å²) in [6.07, 6.45) is 0. The average Bonchev–Trinajstić information content (AvgIpc) is 2.36. The number of ether oxygens (including phenoxy) is 1. The van der Waals surface area contributed by atoms with Crippen LogP contribution in [0.1, 0.15) is 25.3 Å². The van der Waals surface area contributed by atoms with Gasteiger partial charge in [0.15, 0.2) is 5.41 Å². The fourth-order valence-electron chi connectivity index (χ4n) is 1.61. The minimum atomic E-state index is -1.14. The van der Waals surface area contributed by atoms with Crippen molar-refractivity contribution in [2.45, 2.75) is 19.8 Å². The van der Waals surface area contributed by atoms with Gasteiger partial charge >= 0.3 is 5.97 Å². The van der Waals surface area contributed by atoms with Crippen molar-refractivity contribution in [3.63, 3.8) is 0 Å². The number of esters is 1. The van der Waals surface area contributed by atoms with Crippen LogP contribution in [0.25, 0.3) is 0 Å². The SMILES string of the molecule is COC(=O)[C@](C)(C#N)[C@@H](C)c1ccccc1. The molecular formula is C13H15NO2. The highest BCUT2D eigenvalue weighted by molar-refractivity contribution is 5.80. The van der Waals surface area contributed by atoms with Crippen molar-refractivity contribution in [3.8, 4) is 6.07 Å². The molecule has 0 aromatic heterocycles. The molecule has 3 nitrogen and oxygen atoms in total. The molecule has 0 spiro atoms. The van der Waals surface area contributed by atoms with E-state index in [1.54, 1.807) is 6.92 Å². The summed E-state index contributed by atoms with van der Waals surface area (Å²) in [4.78, 5) is 11.6. The number of carbonyl (C=O) groups excluding carboxylic acids is 1. The number of methoxy groups -OCH3 is 1. The van der Waals surface area contributed by atoms with Crippen molar-refractivity contribution in [1.29, 1.82) is 5.26 Å². The molecule has 0 saturated heterocycles. The highest BCUT2D eigenvalue weighted by Crippen LogP contribution is 2.35. The largest absolute Gasteiger partial charge is 0.468 e. The number of hydrogen-bond acceptors (Lipinski definition) is 3. The molecule has 0 saturated carbocycles. The minimum absolute atomic E-state index is 0.203. The third-order valence-corrected chi connectivity index (χ3v) is 3.01. The standard InChI is InChI=1S/C13H15NO2/c1-10(11-7-5-4-6-8-11)13(2,9-14)12(15)16-3/h4-8,10H,1-3H3/t10-,13+/m0/s1. The van der Waals surface area contributed by atoms with E-state index in [9.17, 15) is 4.79 Å². The van der Waals surface area contributed by atoms with Crippen LogP contribution in [-0.2, 0) is 9.53 Å². The second kappa shape index (κ2) is 4.80. The summed E-state index contributed by atoms with van der Waals surface area (Å²) in [6, 6.07) is 11.5. The lowest BCUT2D eigenvalue weighted by Crippen LogP contribution is -2.32. The Balaban J connectivity index is 3.08. The predicted octanol–water partition coefficient (Wildman–Crippen LogP) is 2.49. The molecule has 0 unspecified atom stereocenters. The minimum Gasteiger partial charge on any atom is -0.468 e. The molecule has 0 aliphatic heterocycles. The van der Waals surface area contributed by atoms with Gasteiger partial charge < -0.3 is 4.74 Å². The summed E-state index contributed by atoms with van der Waals surface area (Å²) >= 11 is 0. The first-order valence-corrected chi connectivity index (χ1v) is 5.11. The molecule has 1 rings (SSSR count). The zero-order chi connectivity index (χ0) is 12.2. The highest BCUT2D eigenvalue weighted by Gasteiger charge is 2.41. The Morgan fingerprint density at radius 3 is 2.44 bits per heavy atom. The van der Waals surface area contributed by atoms with Gasteiger partial charge in [-0.3, -0.25) is 4.79 Å². The smallest absolute Gasteiger partial charge is 0.326 e. The maximum atomic E-state index is 11.6. The molecule has 0 aliphatic rings. The van der Waals surface area contributed by atoms with Gasteiger partial charge in [-0.15, -0.1) is 0 Å². The lowest BCUT2D eigenvalue weighted by atomic mass is 9.75. The van der Waals surface area contributed by atoms with Gasteiger partial charge in [-0.05, 0) is 12.5 Å². The van der Waals surface area contributed by atoms with Gasteiger partial charge in [0.05, 0.1) is 13.2 Å². The van der Waals surface area contributed by atoms with Crippen molar-refractivity contribution < 1.29 is 9.53 Å². The van der Waals surface area contributed by atoms with Crippen molar-refractivity contribution >= 4 is 5.97 Å². The molecule has 3 heteroatoms. The number of benzene rings is 1. The lowest BCUT2D eigenvalue weighted by Gasteiger charge is -2.26. The second-order valence-electron chi connectivity index (χ2n) is 3.94. The normalized spacial score (nSPS) is 15.6. The van der Waals surface area contributed by atoms with Crippen LogP contribution in [0, 0.1) is 16.7 Å². The number of hydrogen-bond donors (Lipinski definition) is 0. The fraction of sp³-hybridized carbons (Fsp3) is 0.385. The number of carbonyl (C=O) groups is 1. The molecule has 0 fully saturated rings. The molecule has 2 atom stereocenters. The molecule has 1 aromatic rings. The monoisotopic (exact) mass is 217 g/mol. The van der Waals surface area contributed by atoms with Crippen LogP contribution < -0.4 is 0 Å². The molecule has 16 heavy (non-hydrogen) atoms. The topological polar surface area (TPSA) is 50.1 Å². The average molecular weight is 217 g/mol. The van der Waals surface area contributed by atoms with E-state index in [-0.39, 0.29) is 5.92 Å². The molecule has 0 bridgehead atoms. The van der Waals surface area contributed by atoms with Crippen molar-refractivity contribution in [3.05, 3.63) is 35.9 Å². The van der Waals surface area contributed by atoms with Gasteiger partial charge in [0.25, 0.3) is 0 Å². The van der Waals surface area contributed by atoms with Gasteiger partial charge in [-0.25, -0.2) is 0 Å². The second-order valence-corrected chi connectivity index (χ2v) is 3.94. The Bertz CT molecular complexity index is 408. The van der Waals surface area contributed by atoms with Crippen LogP contribution in [0.4, 0.5) is 0 Å². The lowest BCUT2D eigenvalue weighted by molar-refractivity contribution is -0.149. The van der Waals surface area contributed by atoms with Gasteiger partial charge in [-0.1, -0.05) is 37.3 Å². The fourth-order valence-corrected chi connectivity index (χ4v) is 1.61. The zero-order valence-electron chi connectivity index (χ0n) is 9.73. The van der Waals surface area contributed by atoms with Crippen LogP contribution in [0.3, 0.4) is 0 Å². The van der Waals surface area contributed by atoms with Gasteiger partial charge in [-0.2, -0.15) is 5.26 Å². The van der Waals surface area contributed by atoms with E-state index in [0.29, 0.717) is 0 Å². The van der Waals surface area contributed by atoms with E-state index < -0.39 is 11.4 Å². The van der Waals surface area contributed by atoms with Gasteiger partial charge in [0.1, 0.15) is 0 Å². The van der Waals surface area contributed by atoms with E-state index in [1.807, 2.05) is 37.3 Å². The summed E-state index contributed by atoms with van der Waals surface area (Å²) in [6.45, 7) is 3.46. The Morgan fingerprint density at radius 2 is 2.00 bits per heavy atom. The molecule has 0 amide bonds. The van der Waals surface area contributed by atoms with E-state index in [4.69, 9.17) is 5.26 Å². The van der Waals surface area contributed by atoms with Gasteiger partial charge in [0, 0.05) is 5.92 Å². The highest BCUT2D eigenvalue weighted by atomic mass is 16.5. The summed E-state index contributed by atoms with van der Waals surface area (Å²) in [5.41, 5.74) is -0.187. The maximum Gasteiger partial charge on any atom is 0.326 e. The molecular weight excluding hydrogens is 202 g/mol. The van der Waals surface area contributed by atoms with Crippen molar-refractivity contribution in [2.75, 3.05) is 7.11 Å². The van der Waals surface area contributed by atoms with Gasteiger partial charge in [0.2, 0.25) is 0 Å². The van der Waals surface area contributed by atoms with E-state index in [1.165, 1.54) is 7.11 Å². The Hall–Kier alpha value is -1.82. The Labute approximate surface area is 95.7 Å². The summed E-state index contributed by atoms with van der Waals surface area (Å²) in [5.74, 6) is -0.697. The molecule has 0 N–H and O–H groups in total. The number of rotatable bonds is 3. The predicted molar refractivity (Wildman–Crippen MR) is 60.6 cm³/mol. The van der Waals surface area contributed by atoms with Crippen LogP contribution >= 0.6 is 0 Å². The zero-order valence-corrected chi connectivity index (χ0v) is 9.73. The quantitative estimate of drug-likeness (QED) is 0.731. The summed E-state index contributed by atoms with van der Waals surface area (Å²) in [7, 11) is 1.30. The Morgan fingerprint density at radius 1 is 1.44 bits per heavy atom. The first kappa shape index (κ1) is 12.3. The van der Waals surface area contributed by atoms with Crippen LogP contribution in [-0.4, -0.2) is 13.1 Å². The van der Waals surface area contributed by atoms with E-state index >= 15 is 0 Å². The number of nitrogens with zero attached hydrogens (tertiary/aromatic N) is 1. The number of nitriles is 1. The first-order chi connectivity index (χ1) is 7.56. The third kappa shape index (κ3) is 2.06. The molecule has 0 radical (unpaired) electrons. The third-order valence-electron chi connectivity index (χ3n) is 3.01. The van der Waals surface area contributed by atoms with Crippen LogP contribution in [0.15, 0.2) is 30.3 Å².